The monoisotopic (exact) mass is 217 g/mol. The molecule has 0 saturated heterocycles. The summed E-state index contributed by atoms with van der Waals surface area (Å²) in [4.78, 5) is 0. The van der Waals surface area contributed by atoms with Crippen molar-refractivity contribution < 1.29 is 13.9 Å². The fourth-order valence-electron chi connectivity index (χ4n) is 1.29. The van der Waals surface area contributed by atoms with E-state index in [2.05, 4.69) is 0 Å². The zero-order valence-electron chi connectivity index (χ0n) is 8.79. The lowest BCUT2D eigenvalue weighted by atomic mass is 10.3. The van der Waals surface area contributed by atoms with Crippen molar-refractivity contribution in [3.05, 3.63) is 53.6 Å². The molecule has 0 aliphatic carbocycles. The number of nitrogens with zero attached hydrogens (tertiary/aromatic N) is 1. The van der Waals surface area contributed by atoms with Crippen molar-refractivity contribution in [1.29, 1.82) is 0 Å². The van der Waals surface area contributed by atoms with Crippen molar-refractivity contribution in [3.63, 3.8) is 0 Å². The number of hydrogen-bond donors (Lipinski definition) is 0. The molecule has 0 aliphatic rings. The summed E-state index contributed by atoms with van der Waals surface area (Å²) in [7, 11) is 1.58. The SMILES string of the molecule is COc1ccc([N+]([O-])=Cc2ccoc2)cc1. The van der Waals surface area contributed by atoms with Crippen LogP contribution in [-0.2, 0) is 0 Å². The van der Waals surface area contributed by atoms with Crippen LogP contribution < -0.4 is 4.74 Å². The molecule has 0 radical (unpaired) electrons. The van der Waals surface area contributed by atoms with Gasteiger partial charge in [0.15, 0.2) is 6.21 Å². The van der Waals surface area contributed by atoms with Crippen molar-refractivity contribution >= 4 is 11.9 Å². The molecule has 1 heterocycles. The molecule has 16 heavy (non-hydrogen) atoms. The summed E-state index contributed by atoms with van der Waals surface area (Å²) in [6.45, 7) is 0. The average Bonchev–Trinajstić information content (AvgIpc) is 2.82. The minimum atomic E-state index is 0.544. The molecule has 1 aromatic carbocycles. The van der Waals surface area contributed by atoms with Crippen LogP contribution in [0.3, 0.4) is 0 Å². The van der Waals surface area contributed by atoms with E-state index in [0.29, 0.717) is 5.69 Å². The van der Waals surface area contributed by atoms with Gasteiger partial charge in [-0.3, -0.25) is 0 Å². The summed E-state index contributed by atoms with van der Waals surface area (Å²) in [5, 5.41) is 11.7. The summed E-state index contributed by atoms with van der Waals surface area (Å²) in [6, 6.07) is 8.59. The third-order valence-corrected chi connectivity index (χ3v) is 2.14. The molecule has 0 fully saturated rings. The smallest absolute Gasteiger partial charge is 0.216 e. The molecule has 4 heteroatoms. The Morgan fingerprint density at radius 2 is 2.00 bits per heavy atom. The Kier molecular flexibility index (Phi) is 2.91. The van der Waals surface area contributed by atoms with E-state index < -0.39 is 0 Å². The predicted molar refractivity (Wildman–Crippen MR) is 60.2 cm³/mol. The minimum absolute atomic E-state index is 0.544. The first-order valence-corrected chi connectivity index (χ1v) is 4.77. The van der Waals surface area contributed by atoms with Gasteiger partial charge in [0.05, 0.1) is 18.9 Å². The number of furan rings is 1. The van der Waals surface area contributed by atoms with Crippen LogP contribution in [-0.4, -0.2) is 18.1 Å². The van der Waals surface area contributed by atoms with Gasteiger partial charge in [-0.15, -0.1) is 0 Å². The Morgan fingerprint density at radius 1 is 1.25 bits per heavy atom. The Bertz CT molecular complexity index is 471. The molecule has 0 saturated carbocycles. The summed E-state index contributed by atoms with van der Waals surface area (Å²) in [6.07, 6.45) is 4.48. The van der Waals surface area contributed by atoms with E-state index in [4.69, 9.17) is 9.15 Å². The van der Waals surface area contributed by atoms with Crippen LogP contribution in [0.15, 0.2) is 47.3 Å². The summed E-state index contributed by atoms with van der Waals surface area (Å²) in [5.74, 6) is 0.723. The van der Waals surface area contributed by atoms with Gasteiger partial charge >= 0.3 is 0 Å². The highest BCUT2D eigenvalue weighted by Crippen LogP contribution is 2.17. The molecule has 1 aromatic heterocycles. The van der Waals surface area contributed by atoms with Crippen LogP contribution in [0, 0.1) is 5.21 Å². The molecule has 0 unspecified atom stereocenters. The van der Waals surface area contributed by atoms with E-state index in [9.17, 15) is 5.21 Å². The Hall–Kier alpha value is -2.23. The quantitative estimate of drug-likeness (QED) is 0.343. The van der Waals surface area contributed by atoms with Crippen molar-refractivity contribution in [2.45, 2.75) is 0 Å². The molecular formula is C12H11NO3. The highest BCUT2D eigenvalue weighted by atomic mass is 16.5. The van der Waals surface area contributed by atoms with Gasteiger partial charge < -0.3 is 14.4 Å². The predicted octanol–water partition coefficient (Wildman–Crippen LogP) is 2.55. The lowest BCUT2D eigenvalue weighted by Gasteiger charge is -2.03. The van der Waals surface area contributed by atoms with Gasteiger partial charge in [0, 0.05) is 12.1 Å². The second kappa shape index (κ2) is 4.53. The Labute approximate surface area is 93.0 Å². The topological polar surface area (TPSA) is 48.4 Å². The van der Waals surface area contributed by atoms with E-state index in [1.807, 2.05) is 0 Å². The van der Waals surface area contributed by atoms with Gasteiger partial charge in [0.2, 0.25) is 5.69 Å². The van der Waals surface area contributed by atoms with E-state index in [1.54, 1.807) is 37.4 Å². The highest BCUT2D eigenvalue weighted by molar-refractivity contribution is 5.75. The van der Waals surface area contributed by atoms with Crippen LogP contribution in [0.25, 0.3) is 0 Å². The molecule has 0 spiro atoms. The van der Waals surface area contributed by atoms with Gasteiger partial charge in [-0.05, 0) is 18.2 Å². The molecule has 0 N–H and O–H groups in total. The first-order valence-electron chi connectivity index (χ1n) is 4.77. The lowest BCUT2D eigenvalue weighted by molar-refractivity contribution is -0.354. The summed E-state index contributed by atoms with van der Waals surface area (Å²) >= 11 is 0. The van der Waals surface area contributed by atoms with Gasteiger partial charge in [0.1, 0.15) is 12.0 Å². The van der Waals surface area contributed by atoms with Gasteiger partial charge in [-0.25, -0.2) is 0 Å². The van der Waals surface area contributed by atoms with Crippen molar-refractivity contribution in [3.8, 4) is 5.75 Å². The minimum Gasteiger partial charge on any atom is -0.618 e. The third-order valence-electron chi connectivity index (χ3n) is 2.14. The number of hydrogen-bond acceptors (Lipinski definition) is 3. The number of rotatable bonds is 3. The number of ether oxygens (including phenoxy) is 1. The van der Waals surface area contributed by atoms with Crippen molar-refractivity contribution in [2.24, 2.45) is 0 Å². The van der Waals surface area contributed by atoms with Gasteiger partial charge in [-0.2, -0.15) is 4.74 Å². The average molecular weight is 217 g/mol. The fraction of sp³-hybridized carbons (Fsp3) is 0.0833. The first kappa shape index (κ1) is 10.3. The molecule has 0 aliphatic heterocycles. The molecule has 2 aromatic rings. The summed E-state index contributed by atoms with van der Waals surface area (Å²) < 4.78 is 10.7. The largest absolute Gasteiger partial charge is 0.618 e. The molecule has 0 bridgehead atoms. The second-order valence-corrected chi connectivity index (χ2v) is 3.21. The molecule has 4 nitrogen and oxygen atoms in total. The van der Waals surface area contributed by atoms with E-state index in [0.717, 1.165) is 16.1 Å². The molecule has 2 rings (SSSR count). The van der Waals surface area contributed by atoms with Crippen LogP contribution >= 0.6 is 0 Å². The summed E-state index contributed by atoms with van der Waals surface area (Å²) in [5.41, 5.74) is 1.27. The van der Waals surface area contributed by atoms with Crippen molar-refractivity contribution in [1.82, 2.24) is 0 Å². The third kappa shape index (κ3) is 2.23. The second-order valence-electron chi connectivity index (χ2n) is 3.21. The van der Waals surface area contributed by atoms with Crippen LogP contribution in [0.5, 0.6) is 5.75 Å². The van der Waals surface area contributed by atoms with Crippen LogP contribution in [0.1, 0.15) is 5.56 Å². The molecular weight excluding hydrogens is 206 g/mol. The molecule has 82 valence electrons. The van der Waals surface area contributed by atoms with Gasteiger partial charge in [0.25, 0.3) is 0 Å². The molecule has 0 amide bonds. The highest BCUT2D eigenvalue weighted by Gasteiger charge is 2.02. The fourth-order valence-corrected chi connectivity index (χ4v) is 1.29. The van der Waals surface area contributed by atoms with E-state index in [-0.39, 0.29) is 0 Å². The maximum atomic E-state index is 11.7. The Balaban J connectivity index is 2.23. The normalized spacial score (nSPS) is 11.4. The lowest BCUT2D eigenvalue weighted by Crippen LogP contribution is -1.97. The van der Waals surface area contributed by atoms with Gasteiger partial charge in [-0.1, -0.05) is 0 Å². The van der Waals surface area contributed by atoms with E-state index >= 15 is 0 Å². The standard InChI is InChI=1S/C12H11NO3/c1-15-12-4-2-11(3-5-12)13(14)8-10-6-7-16-9-10/h2-9H,1H3. The zero-order chi connectivity index (χ0) is 11.4. The molecule has 0 atom stereocenters. The van der Waals surface area contributed by atoms with Crippen molar-refractivity contribution in [2.75, 3.05) is 7.11 Å². The number of methoxy groups -OCH3 is 1. The number of benzene rings is 1. The van der Waals surface area contributed by atoms with Crippen LogP contribution in [0.4, 0.5) is 5.69 Å². The zero-order valence-corrected chi connectivity index (χ0v) is 8.79. The first-order chi connectivity index (χ1) is 7.79. The maximum Gasteiger partial charge on any atom is 0.216 e. The Morgan fingerprint density at radius 3 is 2.56 bits per heavy atom. The van der Waals surface area contributed by atoms with Crippen LogP contribution in [0.2, 0.25) is 0 Å². The van der Waals surface area contributed by atoms with E-state index in [1.165, 1.54) is 18.7 Å². The maximum absolute atomic E-state index is 11.7.